The van der Waals surface area contributed by atoms with Crippen molar-refractivity contribution in [2.24, 2.45) is 0 Å². The smallest absolute Gasteiger partial charge is 0.124 e. The fourth-order valence-electron chi connectivity index (χ4n) is 2.93. The maximum absolute atomic E-state index is 6.03. The van der Waals surface area contributed by atoms with Gasteiger partial charge in [-0.2, -0.15) is 0 Å². The monoisotopic (exact) mass is 311 g/mol. The summed E-state index contributed by atoms with van der Waals surface area (Å²) in [4.78, 5) is 7.11. The van der Waals surface area contributed by atoms with E-state index in [2.05, 4.69) is 14.5 Å². The zero-order chi connectivity index (χ0) is 13.9. The van der Waals surface area contributed by atoms with Crippen molar-refractivity contribution in [1.29, 1.82) is 0 Å². The van der Waals surface area contributed by atoms with Gasteiger partial charge < -0.3 is 9.47 Å². The van der Waals surface area contributed by atoms with Gasteiger partial charge in [-0.25, -0.2) is 4.98 Å². The van der Waals surface area contributed by atoms with Gasteiger partial charge in [0.25, 0.3) is 0 Å². The zero-order valence-electron chi connectivity index (χ0n) is 11.5. The summed E-state index contributed by atoms with van der Waals surface area (Å²) in [5.41, 5.74) is 2.06. The summed E-state index contributed by atoms with van der Waals surface area (Å²) in [5, 5.41) is 0.722. The van der Waals surface area contributed by atoms with E-state index < -0.39 is 0 Å². The summed E-state index contributed by atoms with van der Waals surface area (Å²) < 4.78 is 2.23. The highest BCUT2D eigenvalue weighted by Crippen LogP contribution is 2.22. The van der Waals surface area contributed by atoms with Crippen LogP contribution in [0.5, 0.6) is 0 Å². The molecule has 0 saturated carbocycles. The van der Waals surface area contributed by atoms with Crippen LogP contribution in [0.15, 0.2) is 18.2 Å². The van der Waals surface area contributed by atoms with Gasteiger partial charge in [-0.3, -0.25) is 0 Å². The molecule has 0 aliphatic carbocycles. The first-order valence-corrected chi connectivity index (χ1v) is 8.12. The van der Waals surface area contributed by atoms with Crippen molar-refractivity contribution in [2.75, 3.05) is 19.6 Å². The highest BCUT2D eigenvalue weighted by Gasteiger charge is 2.13. The lowest BCUT2D eigenvalue weighted by atomic mass is 10.1. The molecule has 0 spiro atoms. The minimum absolute atomic E-state index is 0.437. The third kappa shape index (κ3) is 2.95. The summed E-state index contributed by atoms with van der Waals surface area (Å²) in [6.45, 7) is 4.45. The Morgan fingerprint density at radius 1 is 1.10 bits per heavy atom. The van der Waals surface area contributed by atoms with Crippen molar-refractivity contribution in [1.82, 2.24) is 14.5 Å². The molecule has 2 heterocycles. The van der Waals surface area contributed by atoms with E-state index in [9.17, 15) is 0 Å². The molecule has 1 aliphatic heterocycles. The van der Waals surface area contributed by atoms with Crippen LogP contribution in [0.25, 0.3) is 11.0 Å². The Morgan fingerprint density at radius 2 is 1.90 bits per heavy atom. The molecule has 0 unspecified atom stereocenters. The van der Waals surface area contributed by atoms with Gasteiger partial charge in [-0.15, -0.1) is 11.6 Å². The predicted molar refractivity (Wildman–Crippen MR) is 84.6 cm³/mol. The van der Waals surface area contributed by atoms with Crippen molar-refractivity contribution in [2.45, 2.75) is 31.7 Å². The molecule has 1 aromatic carbocycles. The van der Waals surface area contributed by atoms with E-state index in [1.54, 1.807) is 0 Å². The van der Waals surface area contributed by atoms with E-state index in [4.69, 9.17) is 23.2 Å². The Bertz CT molecular complexity index is 588. The fourth-order valence-corrected chi connectivity index (χ4v) is 3.30. The average molecular weight is 312 g/mol. The molecule has 1 aromatic heterocycles. The summed E-state index contributed by atoms with van der Waals surface area (Å²) >= 11 is 12.1. The second kappa shape index (κ2) is 6.33. The highest BCUT2D eigenvalue weighted by atomic mass is 35.5. The number of benzene rings is 1. The quantitative estimate of drug-likeness (QED) is 0.798. The number of piperidine rings is 1. The largest absolute Gasteiger partial charge is 0.326 e. The first-order chi connectivity index (χ1) is 9.78. The molecular formula is C15H19Cl2N3. The number of hydrogen-bond donors (Lipinski definition) is 0. The third-order valence-electron chi connectivity index (χ3n) is 4.00. The number of imidazole rings is 1. The molecule has 0 radical (unpaired) electrons. The fraction of sp³-hybridized carbons (Fsp3) is 0.533. The molecule has 0 N–H and O–H groups in total. The number of alkyl halides is 1. The minimum atomic E-state index is 0.437. The molecule has 108 valence electrons. The lowest BCUT2D eigenvalue weighted by Crippen LogP contribution is -2.32. The van der Waals surface area contributed by atoms with E-state index in [0.717, 1.165) is 35.0 Å². The highest BCUT2D eigenvalue weighted by molar-refractivity contribution is 6.31. The van der Waals surface area contributed by atoms with Gasteiger partial charge in [-0.1, -0.05) is 18.0 Å². The molecule has 0 amide bonds. The molecule has 3 nitrogen and oxygen atoms in total. The standard InChI is InChI=1S/C15H19Cl2N3/c16-11-15-18-13-10-12(17)4-5-14(13)20(15)9-8-19-6-2-1-3-7-19/h4-5,10H,1-3,6-9,11H2. The molecule has 0 atom stereocenters. The maximum atomic E-state index is 6.03. The summed E-state index contributed by atoms with van der Waals surface area (Å²) in [6, 6.07) is 5.86. The second-order valence-corrected chi connectivity index (χ2v) is 6.05. The Balaban J connectivity index is 1.81. The van der Waals surface area contributed by atoms with Crippen LogP contribution in [0.4, 0.5) is 0 Å². The van der Waals surface area contributed by atoms with Crippen LogP contribution in [0.1, 0.15) is 25.1 Å². The maximum Gasteiger partial charge on any atom is 0.124 e. The Labute approximate surface area is 129 Å². The van der Waals surface area contributed by atoms with Crippen LogP contribution in [0.3, 0.4) is 0 Å². The van der Waals surface area contributed by atoms with E-state index in [-0.39, 0.29) is 0 Å². The number of halogens is 2. The van der Waals surface area contributed by atoms with Crippen LogP contribution < -0.4 is 0 Å². The van der Waals surface area contributed by atoms with Crippen LogP contribution in [0, 0.1) is 0 Å². The van der Waals surface area contributed by atoms with Crippen molar-refractivity contribution >= 4 is 34.2 Å². The van der Waals surface area contributed by atoms with Crippen LogP contribution in [-0.2, 0) is 12.4 Å². The molecule has 3 rings (SSSR count). The zero-order valence-corrected chi connectivity index (χ0v) is 13.0. The number of aromatic nitrogens is 2. The number of nitrogens with zero attached hydrogens (tertiary/aromatic N) is 3. The molecule has 2 aromatic rings. The topological polar surface area (TPSA) is 21.1 Å². The van der Waals surface area contributed by atoms with E-state index in [1.165, 1.54) is 32.4 Å². The second-order valence-electron chi connectivity index (χ2n) is 5.35. The summed E-state index contributed by atoms with van der Waals surface area (Å²) in [7, 11) is 0. The lowest BCUT2D eigenvalue weighted by molar-refractivity contribution is 0.221. The van der Waals surface area contributed by atoms with Gasteiger partial charge in [0.15, 0.2) is 0 Å². The SMILES string of the molecule is ClCc1nc2cc(Cl)ccc2n1CCN1CCCCC1. The molecule has 1 aliphatic rings. The van der Waals surface area contributed by atoms with Crippen LogP contribution in [-0.4, -0.2) is 34.1 Å². The van der Waals surface area contributed by atoms with Gasteiger partial charge in [0.2, 0.25) is 0 Å². The Morgan fingerprint density at radius 3 is 2.65 bits per heavy atom. The van der Waals surface area contributed by atoms with Gasteiger partial charge in [0.1, 0.15) is 5.82 Å². The first-order valence-electron chi connectivity index (χ1n) is 7.21. The Kier molecular flexibility index (Phi) is 4.49. The minimum Gasteiger partial charge on any atom is -0.326 e. The van der Waals surface area contributed by atoms with Gasteiger partial charge >= 0.3 is 0 Å². The average Bonchev–Trinajstić information content (AvgIpc) is 2.83. The predicted octanol–water partition coefficient (Wildman–Crippen LogP) is 3.91. The molecule has 1 fully saturated rings. The van der Waals surface area contributed by atoms with Crippen molar-refractivity contribution < 1.29 is 0 Å². The number of hydrogen-bond acceptors (Lipinski definition) is 2. The van der Waals surface area contributed by atoms with Crippen molar-refractivity contribution in [3.8, 4) is 0 Å². The van der Waals surface area contributed by atoms with Gasteiger partial charge in [-0.05, 0) is 44.1 Å². The Hall–Kier alpha value is -0.770. The number of fused-ring (bicyclic) bond motifs is 1. The summed E-state index contributed by atoms with van der Waals surface area (Å²) in [5.74, 6) is 1.37. The normalized spacial score (nSPS) is 16.9. The molecule has 20 heavy (non-hydrogen) atoms. The number of likely N-dealkylation sites (tertiary alicyclic amines) is 1. The van der Waals surface area contributed by atoms with Gasteiger partial charge in [0.05, 0.1) is 16.9 Å². The van der Waals surface area contributed by atoms with Crippen molar-refractivity contribution in [3.63, 3.8) is 0 Å². The third-order valence-corrected chi connectivity index (χ3v) is 4.47. The van der Waals surface area contributed by atoms with Crippen LogP contribution >= 0.6 is 23.2 Å². The molecular weight excluding hydrogens is 293 g/mol. The van der Waals surface area contributed by atoms with E-state index in [0.29, 0.717) is 5.88 Å². The summed E-state index contributed by atoms with van der Waals surface area (Å²) in [6.07, 6.45) is 4.02. The molecule has 1 saturated heterocycles. The first kappa shape index (κ1) is 14.2. The molecule has 5 heteroatoms. The lowest BCUT2D eigenvalue weighted by Gasteiger charge is -2.26. The van der Waals surface area contributed by atoms with Crippen molar-refractivity contribution in [3.05, 3.63) is 29.0 Å². The van der Waals surface area contributed by atoms with Gasteiger partial charge in [0, 0.05) is 18.1 Å². The van der Waals surface area contributed by atoms with E-state index in [1.807, 2.05) is 18.2 Å². The van der Waals surface area contributed by atoms with Crippen LogP contribution in [0.2, 0.25) is 5.02 Å². The molecule has 0 bridgehead atoms. The number of rotatable bonds is 4. The van der Waals surface area contributed by atoms with E-state index >= 15 is 0 Å².